The second-order valence-corrected chi connectivity index (χ2v) is 4.77. The topological polar surface area (TPSA) is 77.2 Å². The monoisotopic (exact) mass is 321 g/mol. The molecule has 1 amide bonds. The first-order valence-corrected chi connectivity index (χ1v) is 6.87. The van der Waals surface area contributed by atoms with E-state index in [4.69, 9.17) is 10.5 Å². The van der Waals surface area contributed by atoms with E-state index in [2.05, 4.69) is 17.2 Å². The predicted octanol–water partition coefficient (Wildman–Crippen LogP) is 3.14. The average Bonchev–Trinajstić information content (AvgIpc) is 2.49. The fourth-order valence-corrected chi connectivity index (χ4v) is 1.72. The van der Waals surface area contributed by atoms with E-state index >= 15 is 0 Å². The summed E-state index contributed by atoms with van der Waals surface area (Å²) in [7, 11) is 0. The molecule has 1 atom stereocenters. The van der Waals surface area contributed by atoms with Crippen LogP contribution in [0.2, 0.25) is 0 Å². The molecule has 2 rings (SSSR count). The highest BCUT2D eigenvalue weighted by molar-refractivity contribution is 5.94. The van der Waals surface area contributed by atoms with Gasteiger partial charge in [-0.1, -0.05) is 19.1 Å². The van der Waals surface area contributed by atoms with Crippen molar-refractivity contribution in [1.82, 2.24) is 4.98 Å². The Morgan fingerprint density at radius 2 is 2.14 bits per heavy atom. The van der Waals surface area contributed by atoms with Crippen LogP contribution in [0, 0.1) is 0 Å². The van der Waals surface area contributed by atoms with Crippen molar-refractivity contribution < 1.29 is 9.53 Å². The molecule has 1 heterocycles. The molecule has 0 saturated carbocycles. The molecular weight excluding hydrogens is 302 g/mol. The molecule has 0 spiro atoms. The van der Waals surface area contributed by atoms with Gasteiger partial charge in [0, 0.05) is 6.07 Å². The fraction of sp³-hybridized carbons (Fsp3) is 0.250. The maximum atomic E-state index is 11.5. The molecule has 2 aromatic rings. The second-order valence-electron chi connectivity index (χ2n) is 4.77. The van der Waals surface area contributed by atoms with Crippen LogP contribution in [0.3, 0.4) is 0 Å². The number of aromatic nitrogens is 1. The van der Waals surface area contributed by atoms with Crippen LogP contribution >= 0.6 is 12.4 Å². The molecule has 0 aliphatic carbocycles. The Kier molecular flexibility index (Phi) is 6.82. The lowest BCUT2D eigenvalue weighted by Crippen LogP contribution is -2.32. The minimum absolute atomic E-state index is 0. The summed E-state index contributed by atoms with van der Waals surface area (Å²) in [5.74, 6) is 0.970. The van der Waals surface area contributed by atoms with Crippen molar-refractivity contribution in [3.63, 3.8) is 0 Å². The normalized spacial score (nSPS) is 11.2. The van der Waals surface area contributed by atoms with Crippen molar-refractivity contribution in [1.29, 1.82) is 0 Å². The SMILES string of the molecule is CCc1cccc(Oc2ccc(NC(=O)C(C)N)cn2)c1.Cl. The number of carbonyl (C=O) groups excluding carboxylic acids is 1. The van der Waals surface area contributed by atoms with Gasteiger partial charge in [-0.2, -0.15) is 0 Å². The Labute approximate surface area is 136 Å². The molecular formula is C16H20ClN3O2. The number of carbonyl (C=O) groups is 1. The fourth-order valence-electron chi connectivity index (χ4n) is 1.72. The Morgan fingerprint density at radius 3 is 2.73 bits per heavy atom. The molecule has 1 aromatic carbocycles. The molecule has 0 aliphatic heterocycles. The number of pyridine rings is 1. The molecule has 3 N–H and O–H groups in total. The first kappa shape index (κ1) is 17.9. The molecule has 0 bridgehead atoms. The van der Waals surface area contributed by atoms with Gasteiger partial charge in [0.2, 0.25) is 11.8 Å². The van der Waals surface area contributed by atoms with E-state index in [9.17, 15) is 4.79 Å². The molecule has 1 unspecified atom stereocenters. The van der Waals surface area contributed by atoms with Gasteiger partial charge in [-0.3, -0.25) is 4.79 Å². The van der Waals surface area contributed by atoms with E-state index in [0.717, 1.165) is 12.2 Å². The van der Waals surface area contributed by atoms with Crippen LogP contribution in [-0.4, -0.2) is 16.9 Å². The maximum Gasteiger partial charge on any atom is 0.241 e. The first-order valence-electron chi connectivity index (χ1n) is 6.87. The van der Waals surface area contributed by atoms with E-state index in [1.54, 1.807) is 25.3 Å². The van der Waals surface area contributed by atoms with Crippen LogP contribution in [-0.2, 0) is 11.2 Å². The van der Waals surface area contributed by atoms with Crippen LogP contribution in [0.15, 0.2) is 42.6 Å². The molecule has 0 saturated heterocycles. The first-order chi connectivity index (χ1) is 10.1. The van der Waals surface area contributed by atoms with Crippen LogP contribution in [0.4, 0.5) is 5.69 Å². The highest BCUT2D eigenvalue weighted by atomic mass is 35.5. The number of hydrogen-bond donors (Lipinski definition) is 2. The summed E-state index contributed by atoms with van der Waals surface area (Å²) in [6, 6.07) is 10.7. The number of amides is 1. The lowest BCUT2D eigenvalue weighted by atomic mass is 10.2. The summed E-state index contributed by atoms with van der Waals surface area (Å²) in [6.07, 6.45) is 2.49. The van der Waals surface area contributed by atoms with Crippen LogP contribution in [0.5, 0.6) is 11.6 Å². The number of anilines is 1. The predicted molar refractivity (Wildman–Crippen MR) is 89.7 cm³/mol. The minimum Gasteiger partial charge on any atom is -0.439 e. The molecule has 118 valence electrons. The van der Waals surface area contributed by atoms with Crippen LogP contribution in [0.25, 0.3) is 0 Å². The summed E-state index contributed by atoms with van der Waals surface area (Å²) < 4.78 is 5.68. The molecule has 5 nitrogen and oxygen atoms in total. The van der Waals surface area contributed by atoms with Crippen molar-refractivity contribution in [2.75, 3.05) is 5.32 Å². The van der Waals surface area contributed by atoms with Gasteiger partial charge in [0.15, 0.2) is 0 Å². The Bertz CT molecular complexity index is 615. The van der Waals surface area contributed by atoms with Gasteiger partial charge in [-0.15, -0.1) is 12.4 Å². The number of rotatable bonds is 5. The number of aryl methyl sites for hydroxylation is 1. The van der Waals surface area contributed by atoms with Crippen molar-refractivity contribution in [3.05, 3.63) is 48.2 Å². The van der Waals surface area contributed by atoms with E-state index < -0.39 is 6.04 Å². The summed E-state index contributed by atoms with van der Waals surface area (Å²) in [5, 5.41) is 2.67. The van der Waals surface area contributed by atoms with Crippen molar-refractivity contribution in [2.45, 2.75) is 26.3 Å². The molecule has 1 aromatic heterocycles. The zero-order valence-electron chi connectivity index (χ0n) is 12.6. The largest absolute Gasteiger partial charge is 0.439 e. The quantitative estimate of drug-likeness (QED) is 0.887. The van der Waals surface area contributed by atoms with Gasteiger partial charge in [0.05, 0.1) is 17.9 Å². The summed E-state index contributed by atoms with van der Waals surface area (Å²) in [5.41, 5.74) is 7.28. The van der Waals surface area contributed by atoms with Crippen LogP contribution < -0.4 is 15.8 Å². The van der Waals surface area contributed by atoms with Gasteiger partial charge in [0.1, 0.15) is 5.75 Å². The number of hydrogen-bond acceptors (Lipinski definition) is 4. The zero-order chi connectivity index (χ0) is 15.2. The Morgan fingerprint density at radius 1 is 1.36 bits per heavy atom. The maximum absolute atomic E-state index is 11.5. The van der Waals surface area contributed by atoms with Crippen molar-refractivity contribution >= 4 is 24.0 Å². The summed E-state index contributed by atoms with van der Waals surface area (Å²) >= 11 is 0. The number of benzene rings is 1. The second kappa shape index (κ2) is 8.36. The van der Waals surface area contributed by atoms with E-state index in [-0.39, 0.29) is 18.3 Å². The summed E-state index contributed by atoms with van der Waals surface area (Å²) in [4.78, 5) is 15.6. The van der Waals surface area contributed by atoms with Gasteiger partial charge < -0.3 is 15.8 Å². The third-order valence-electron chi connectivity index (χ3n) is 2.95. The van der Waals surface area contributed by atoms with Gasteiger partial charge in [-0.25, -0.2) is 4.98 Å². The number of nitrogens with one attached hydrogen (secondary N) is 1. The molecule has 0 aliphatic rings. The van der Waals surface area contributed by atoms with Gasteiger partial charge in [-0.05, 0) is 37.1 Å². The lowest BCUT2D eigenvalue weighted by Gasteiger charge is -2.09. The number of nitrogens with two attached hydrogens (primary N) is 1. The van der Waals surface area contributed by atoms with Crippen LogP contribution in [0.1, 0.15) is 19.4 Å². The summed E-state index contributed by atoms with van der Waals surface area (Å²) in [6.45, 7) is 3.72. The van der Waals surface area contributed by atoms with Crippen molar-refractivity contribution in [2.24, 2.45) is 5.73 Å². The third-order valence-corrected chi connectivity index (χ3v) is 2.95. The van der Waals surface area contributed by atoms with Gasteiger partial charge in [0.25, 0.3) is 0 Å². The van der Waals surface area contributed by atoms with E-state index in [0.29, 0.717) is 11.6 Å². The Balaban J connectivity index is 0.00000242. The zero-order valence-corrected chi connectivity index (χ0v) is 13.4. The van der Waals surface area contributed by atoms with E-state index in [1.807, 2.05) is 24.3 Å². The highest BCUT2D eigenvalue weighted by Gasteiger charge is 2.07. The average molecular weight is 322 g/mol. The molecule has 22 heavy (non-hydrogen) atoms. The van der Waals surface area contributed by atoms with Gasteiger partial charge >= 0.3 is 0 Å². The Hall–Kier alpha value is -2.11. The molecule has 0 fully saturated rings. The lowest BCUT2D eigenvalue weighted by molar-refractivity contribution is -0.117. The number of nitrogens with zero attached hydrogens (tertiary/aromatic N) is 1. The van der Waals surface area contributed by atoms with E-state index in [1.165, 1.54) is 5.56 Å². The smallest absolute Gasteiger partial charge is 0.241 e. The number of halogens is 1. The van der Waals surface area contributed by atoms with Crippen molar-refractivity contribution in [3.8, 4) is 11.6 Å². The third kappa shape index (κ3) is 5.02. The minimum atomic E-state index is -0.558. The number of ether oxygens (including phenoxy) is 1. The molecule has 0 radical (unpaired) electrons. The molecule has 6 heteroatoms. The standard InChI is InChI=1S/C16H19N3O2.ClH/c1-3-12-5-4-6-14(9-12)21-15-8-7-13(10-18-15)19-16(20)11(2)17;/h4-11H,3,17H2,1-2H3,(H,19,20);1H. The highest BCUT2D eigenvalue weighted by Crippen LogP contribution is 2.21.